The number of amides is 1. The van der Waals surface area contributed by atoms with Gasteiger partial charge >= 0.3 is 0 Å². The quantitative estimate of drug-likeness (QED) is 0.389. The van der Waals surface area contributed by atoms with Crippen LogP contribution in [0, 0.1) is 6.92 Å². The highest BCUT2D eigenvalue weighted by Crippen LogP contribution is 2.40. The lowest BCUT2D eigenvalue weighted by atomic mass is 10.0. The number of hydrazone groups is 1. The summed E-state index contributed by atoms with van der Waals surface area (Å²) in [6, 6.07) is 11.9. The van der Waals surface area contributed by atoms with Crippen molar-refractivity contribution in [2.75, 3.05) is 6.61 Å². The Hall–Kier alpha value is -1.92. The highest BCUT2D eigenvalue weighted by atomic mass is 79.9. The normalized spacial score (nSPS) is 11.5. The van der Waals surface area contributed by atoms with Gasteiger partial charge in [-0.3, -0.25) is 4.79 Å². The Labute approximate surface area is 177 Å². The van der Waals surface area contributed by atoms with Gasteiger partial charge in [-0.05, 0) is 57.6 Å². The minimum atomic E-state index is -0.318. The molecule has 6 heteroatoms. The minimum Gasteiger partial charge on any atom is -0.482 e. The zero-order valence-corrected chi connectivity index (χ0v) is 18.7. The van der Waals surface area contributed by atoms with Crippen molar-refractivity contribution in [2.45, 2.75) is 26.7 Å². The number of benzene rings is 2. The van der Waals surface area contributed by atoms with Gasteiger partial charge in [-0.25, -0.2) is 5.43 Å². The van der Waals surface area contributed by atoms with Crippen molar-refractivity contribution >= 4 is 50.1 Å². The fraction of sp³-hybridized carbons (Fsp3) is 0.238. The molecule has 0 radical (unpaired) electrons. The summed E-state index contributed by atoms with van der Waals surface area (Å²) in [6.07, 6.45) is 5.20. The zero-order valence-electron chi connectivity index (χ0n) is 15.5. The van der Waals surface area contributed by atoms with Gasteiger partial charge in [0.2, 0.25) is 0 Å². The van der Waals surface area contributed by atoms with Gasteiger partial charge in [0.1, 0.15) is 5.75 Å². The van der Waals surface area contributed by atoms with Gasteiger partial charge in [0, 0.05) is 10.7 Å². The van der Waals surface area contributed by atoms with Crippen LogP contribution in [0.5, 0.6) is 5.75 Å². The van der Waals surface area contributed by atoms with E-state index in [1.54, 1.807) is 6.08 Å². The number of hydrogen-bond donors (Lipinski definition) is 1. The highest BCUT2D eigenvalue weighted by Gasteiger charge is 2.17. The van der Waals surface area contributed by atoms with Crippen LogP contribution < -0.4 is 10.2 Å². The maximum absolute atomic E-state index is 12.0. The molecule has 0 spiro atoms. The third-order valence-electron chi connectivity index (χ3n) is 3.84. The number of nitrogens with zero attached hydrogens (tertiary/aromatic N) is 1. The van der Waals surface area contributed by atoms with Gasteiger partial charge in [-0.2, -0.15) is 5.10 Å². The Morgan fingerprint density at radius 3 is 2.63 bits per heavy atom. The van der Waals surface area contributed by atoms with Crippen LogP contribution in [0.15, 0.2) is 56.5 Å². The molecule has 142 valence electrons. The molecule has 0 saturated carbocycles. The van der Waals surface area contributed by atoms with Crippen LogP contribution in [0.2, 0.25) is 0 Å². The van der Waals surface area contributed by atoms with Crippen molar-refractivity contribution in [3.05, 3.63) is 68.1 Å². The van der Waals surface area contributed by atoms with Gasteiger partial charge in [0.05, 0.1) is 4.47 Å². The van der Waals surface area contributed by atoms with Crippen LogP contribution in [0.25, 0.3) is 6.08 Å². The van der Waals surface area contributed by atoms with Crippen molar-refractivity contribution in [3.63, 3.8) is 0 Å². The molecule has 0 atom stereocenters. The molecule has 2 rings (SSSR count). The third-order valence-corrected chi connectivity index (χ3v) is 5.62. The van der Waals surface area contributed by atoms with E-state index in [9.17, 15) is 4.79 Å². The lowest BCUT2D eigenvalue weighted by Crippen LogP contribution is -2.25. The fourth-order valence-electron chi connectivity index (χ4n) is 2.33. The van der Waals surface area contributed by atoms with Gasteiger partial charge in [-0.15, -0.1) is 0 Å². The first-order valence-electron chi connectivity index (χ1n) is 8.55. The summed E-state index contributed by atoms with van der Waals surface area (Å²) >= 11 is 7.12. The van der Waals surface area contributed by atoms with E-state index in [4.69, 9.17) is 4.74 Å². The number of ether oxygens (including phenoxy) is 1. The van der Waals surface area contributed by atoms with Crippen molar-refractivity contribution in [1.82, 2.24) is 5.43 Å². The van der Waals surface area contributed by atoms with E-state index in [1.165, 1.54) is 6.21 Å². The second-order valence-electron chi connectivity index (χ2n) is 6.24. The topological polar surface area (TPSA) is 50.7 Å². The van der Waals surface area contributed by atoms with Crippen LogP contribution in [0.3, 0.4) is 0 Å². The monoisotopic (exact) mass is 492 g/mol. The number of carbonyl (C=O) groups is 1. The number of halogens is 2. The first kappa shape index (κ1) is 21.4. The Bertz CT molecular complexity index is 847. The summed E-state index contributed by atoms with van der Waals surface area (Å²) < 4.78 is 7.64. The predicted molar refractivity (Wildman–Crippen MR) is 118 cm³/mol. The number of allylic oxidation sites excluding steroid dienone is 1. The van der Waals surface area contributed by atoms with Gasteiger partial charge < -0.3 is 4.74 Å². The Morgan fingerprint density at radius 1 is 1.26 bits per heavy atom. The number of nitrogens with one attached hydrogen (secondary N) is 1. The van der Waals surface area contributed by atoms with Crippen molar-refractivity contribution in [1.29, 1.82) is 0 Å². The van der Waals surface area contributed by atoms with E-state index < -0.39 is 0 Å². The van der Waals surface area contributed by atoms with E-state index >= 15 is 0 Å². The number of hydrogen-bond acceptors (Lipinski definition) is 3. The third kappa shape index (κ3) is 6.33. The predicted octanol–water partition coefficient (Wildman–Crippen LogP) is 5.84. The summed E-state index contributed by atoms with van der Waals surface area (Å²) in [5, 5.41) is 3.90. The average molecular weight is 494 g/mol. The lowest BCUT2D eigenvalue weighted by molar-refractivity contribution is -0.123. The molecule has 0 bridgehead atoms. The number of rotatable bonds is 7. The molecule has 4 nitrogen and oxygen atoms in total. The Morgan fingerprint density at radius 2 is 1.96 bits per heavy atom. The summed E-state index contributed by atoms with van der Waals surface area (Å²) in [4.78, 5) is 12.0. The summed E-state index contributed by atoms with van der Waals surface area (Å²) in [7, 11) is 0. The molecule has 27 heavy (non-hydrogen) atoms. The highest BCUT2D eigenvalue weighted by molar-refractivity contribution is 9.11. The molecule has 2 aromatic carbocycles. The minimum absolute atomic E-state index is 0.112. The van der Waals surface area contributed by atoms with E-state index in [0.29, 0.717) is 5.75 Å². The van der Waals surface area contributed by atoms with Gasteiger partial charge in [0.25, 0.3) is 5.91 Å². The standard InChI is InChI=1S/C21H22Br2N2O2/c1-14(2)17-12-18(22)15(3)20(23)21(17)27-13-19(26)25-24-11-7-10-16-8-5-4-6-9-16/h4-12,14H,13H2,1-3H3,(H,25,26). The maximum atomic E-state index is 12.0. The molecular formula is C21H22Br2N2O2. The molecule has 0 aliphatic carbocycles. The maximum Gasteiger partial charge on any atom is 0.277 e. The zero-order chi connectivity index (χ0) is 19.8. The molecule has 0 saturated heterocycles. The molecule has 0 fully saturated rings. The smallest absolute Gasteiger partial charge is 0.277 e. The second kappa shape index (κ2) is 10.4. The molecule has 1 amide bonds. The summed E-state index contributed by atoms with van der Waals surface area (Å²) in [5.41, 5.74) is 5.58. The molecule has 0 aliphatic heterocycles. The largest absolute Gasteiger partial charge is 0.482 e. The van der Waals surface area contributed by atoms with Gasteiger partial charge in [-0.1, -0.05) is 66.2 Å². The van der Waals surface area contributed by atoms with Crippen LogP contribution in [0.1, 0.15) is 36.5 Å². The van der Waals surface area contributed by atoms with Crippen molar-refractivity contribution in [3.8, 4) is 5.75 Å². The Kier molecular flexibility index (Phi) is 8.25. The van der Waals surface area contributed by atoms with Crippen LogP contribution in [-0.4, -0.2) is 18.7 Å². The molecule has 0 aliphatic rings. The molecule has 2 aromatic rings. The van der Waals surface area contributed by atoms with E-state index in [-0.39, 0.29) is 18.4 Å². The lowest BCUT2D eigenvalue weighted by Gasteiger charge is -2.18. The van der Waals surface area contributed by atoms with E-state index in [0.717, 1.165) is 25.6 Å². The molecule has 0 heterocycles. The number of carbonyl (C=O) groups excluding carboxylic acids is 1. The van der Waals surface area contributed by atoms with E-state index in [1.807, 2.05) is 49.4 Å². The second-order valence-corrected chi connectivity index (χ2v) is 7.89. The average Bonchev–Trinajstić information content (AvgIpc) is 2.65. The fourth-order valence-corrected chi connectivity index (χ4v) is 3.60. The van der Waals surface area contributed by atoms with Crippen LogP contribution in [-0.2, 0) is 4.79 Å². The summed E-state index contributed by atoms with van der Waals surface area (Å²) in [5.74, 6) is 0.632. The Balaban J connectivity index is 1.93. The van der Waals surface area contributed by atoms with Crippen molar-refractivity contribution in [2.24, 2.45) is 5.10 Å². The van der Waals surface area contributed by atoms with E-state index in [2.05, 4.69) is 56.2 Å². The summed E-state index contributed by atoms with van der Waals surface area (Å²) in [6.45, 7) is 6.04. The van der Waals surface area contributed by atoms with Gasteiger partial charge in [0.15, 0.2) is 6.61 Å². The first-order valence-corrected chi connectivity index (χ1v) is 10.1. The molecule has 0 unspecified atom stereocenters. The molecular weight excluding hydrogens is 472 g/mol. The molecule has 1 N–H and O–H groups in total. The molecule has 0 aromatic heterocycles. The first-order chi connectivity index (χ1) is 12.9. The van der Waals surface area contributed by atoms with Crippen LogP contribution >= 0.6 is 31.9 Å². The van der Waals surface area contributed by atoms with Crippen LogP contribution in [0.4, 0.5) is 0 Å². The van der Waals surface area contributed by atoms with Crippen molar-refractivity contribution < 1.29 is 9.53 Å². The SMILES string of the molecule is Cc1c(Br)cc(C(C)C)c(OCC(=O)NN=CC=Cc2ccccc2)c1Br.